The Morgan fingerprint density at radius 3 is 1.80 bits per heavy atom. The van der Waals surface area contributed by atoms with E-state index in [2.05, 4.69) is 15.6 Å². The summed E-state index contributed by atoms with van der Waals surface area (Å²) in [6.07, 6.45) is 0. The van der Waals surface area contributed by atoms with Crippen molar-refractivity contribution >= 4 is 39.1 Å². The maximum atomic E-state index is 13.7. The number of amides is 2. The van der Waals surface area contributed by atoms with Crippen LogP contribution in [-0.2, 0) is 10.0 Å². The van der Waals surface area contributed by atoms with Crippen molar-refractivity contribution in [2.24, 2.45) is 0 Å². The zero-order valence-electron chi connectivity index (χ0n) is 15.2. The first kappa shape index (κ1) is 21.3. The maximum absolute atomic E-state index is 13.7. The van der Waals surface area contributed by atoms with Crippen LogP contribution in [0.5, 0.6) is 0 Å². The predicted octanol–water partition coefficient (Wildman–Crippen LogP) is 3.35. The molecule has 10 heteroatoms. The quantitative estimate of drug-likeness (QED) is 0.521. The third kappa shape index (κ3) is 5.13. The highest BCUT2D eigenvalue weighted by Crippen LogP contribution is 2.19. The van der Waals surface area contributed by atoms with Crippen molar-refractivity contribution in [3.05, 3.63) is 94.8 Å². The molecule has 0 radical (unpaired) electrons. The zero-order valence-corrected chi connectivity index (χ0v) is 16.8. The smallest absolute Gasteiger partial charge is 0.269 e. The van der Waals surface area contributed by atoms with Crippen LogP contribution in [0.3, 0.4) is 0 Å². The van der Waals surface area contributed by atoms with E-state index in [1.165, 1.54) is 66.7 Å². The Morgan fingerprint density at radius 1 is 0.767 bits per heavy atom. The Labute approximate surface area is 176 Å². The minimum atomic E-state index is -4.05. The summed E-state index contributed by atoms with van der Waals surface area (Å²) >= 11 is 5.75. The fourth-order valence-corrected chi connectivity index (χ4v) is 3.59. The third-order valence-electron chi connectivity index (χ3n) is 3.94. The average molecular weight is 448 g/mol. The summed E-state index contributed by atoms with van der Waals surface area (Å²) in [6.45, 7) is 0. The van der Waals surface area contributed by atoms with Crippen LogP contribution < -0.4 is 15.6 Å². The highest BCUT2D eigenvalue weighted by atomic mass is 35.5. The van der Waals surface area contributed by atoms with E-state index in [4.69, 9.17) is 11.6 Å². The average Bonchev–Trinajstić information content (AvgIpc) is 2.74. The fourth-order valence-electron chi connectivity index (χ4n) is 2.39. The third-order valence-corrected chi connectivity index (χ3v) is 5.57. The first-order chi connectivity index (χ1) is 14.3. The number of para-hydroxylation sites is 1. The first-order valence-electron chi connectivity index (χ1n) is 8.50. The number of hydrogen-bond acceptors (Lipinski definition) is 4. The van der Waals surface area contributed by atoms with Crippen LogP contribution in [0, 0.1) is 5.82 Å². The lowest BCUT2D eigenvalue weighted by atomic mass is 10.2. The summed E-state index contributed by atoms with van der Waals surface area (Å²) in [5, 5.41) is 0.468. The normalized spacial score (nSPS) is 10.9. The summed E-state index contributed by atoms with van der Waals surface area (Å²) in [6, 6.07) is 16.3. The summed E-state index contributed by atoms with van der Waals surface area (Å²) in [5.74, 6) is -1.91. The molecule has 7 nitrogen and oxygen atoms in total. The summed E-state index contributed by atoms with van der Waals surface area (Å²) in [4.78, 5) is 24.0. The van der Waals surface area contributed by atoms with Crippen molar-refractivity contribution < 1.29 is 22.4 Å². The number of hydrogen-bond donors (Lipinski definition) is 3. The van der Waals surface area contributed by atoms with Gasteiger partial charge in [0.1, 0.15) is 5.82 Å². The van der Waals surface area contributed by atoms with Crippen molar-refractivity contribution in [2.45, 2.75) is 4.90 Å². The maximum Gasteiger partial charge on any atom is 0.269 e. The molecule has 0 aromatic heterocycles. The van der Waals surface area contributed by atoms with Crippen molar-refractivity contribution in [1.82, 2.24) is 10.9 Å². The van der Waals surface area contributed by atoms with Gasteiger partial charge in [0.25, 0.3) is 21.8 Å². The van der Waals surface area contributed by atoms with Gasteiger partial charge in [0.2, 0.25) is 0 Å². The van der Waals surface area contributed by atoms with Crippen molar-refractivity contribution in [3.8, 4) is 0 Å². The minimum absolute atomic E-state index is 0.108. The topological polar surface area (TPSA) is 104 Å². The lowest BCUT2D eigenvalue weighted by molar-refractivity contribution is 0.0846. The second kappa shape index (κ2) is 8.93. The van der Waals surface area contributed by atoms with Crippen LogP contribution >= 0.6 is 11.6 Å². The van der Waals surface area contributed by atoms with Gasteiger partial charge in [-0.25, -0.2) is 12.8 Å². The van der Waals surface area contributed by atoms with E-state index in [0.717, 1.165) is 6.07 Å². The molecule has 0 heterocycles. The second-order valence-corrected chi connectivity index (χ2v) is 8.14. The van der Waals surface area contributed by atoms with Gasteiger partial charge >= 0.3 is 0 Å². The molecule has 0 fully saturated rings. The van der Waals surface area contributed by atoms with Gasteiger partial charge in [-0.2, -0.15) is 0 Å². The number of sulfonamides is 1. The number of rotatable bonds is 5. The number of nitrogens with one attached hydrogen (secondary N) is 3. The van der Waals surface area contributed by atoms with Gasteiger partial charge in [-0.15, -0.1) is 0 Å². The van der Waals surface area contributed by atoms with Gasteiger partial charge in [-0.1, -0.05) is 23.7 Å². The highest BCUT2D eigenvalue weighted by Gasteiger charge is 2.17. The number of carbonyl (C=O) groups is 2. The Morgan fingerprint density at radius 2 is 1.27 bits per heavy atom. The highest BCUT2D eigenvalue weighted by molar-refractivity contribution is 7.92. The minimum Gasteiger partial charge on any atom is -0.277 e. The SMILES string of the molecule is O=C(NNC(=O)c1ccc(S(=O)(=O)Nc2ccccc2F)cc1)c1ccc(Cl)cc1. The molecular weight excluding hydrogens is 433 g/mol. The summed E-state index contributed by atoms with van der Waals surface area (Å²) < 4.78 is 40.6. The summed E-state index contributed by atoms with van der Waals surface area (Å²) in [5.41, 5.74) is 4.69. The molecule has 0 unspecified atom stereocenters. The molecule has 3 aromatic rings. The van der Waals surface area contributed by atoms with Crippen molar-refractivity contribution in [3.63, 3.8) is 0 Å². The molecule has 30 heavy (non-hydrogen) atoms. The number of anilines is 1. The molecule has 0 atom stereocenters. The number of halogens is 2. The van der Waals surface area contributed by atoms with Crippen LogP contribution in [0.1, 0.15) is 20.7 Å². The van der Waals surface area contributed by atoms with E-state index in [0.29, 0.717) is 10.6 Å². The van der Waals surface area contributed by atoms with Crippen LogP contribution in [0.15, 0.2) is 77.7 Å². The molecule has 3 N–H and O–H groups in total. The molecule has 2 amide bonds. The van der Waals surface area contributed by atoms with Crippen LogP contribution in [0.2, 0.25) is 5.02 Å². The Balaban J connectivity index is 1.64. The molecule has 0 bridgehead atoms. The van der Waals surface area contributed by atoms with E-state index in [9.17, 15) is 22.4 Å². The molecular formula is C20H15ClFN3O4S. The molecule has 0 aliphatic rings. The van der Waals surface area contributed by atoms with Gasteiger partial charge in [-0.3, -0.25) is 25.2 Å². The zero-order chi connectivity index (χ0) is 21.7. The van der Waals surface area contributed by atoms with Crippen LogP contribution in [0.4, 0.5) is 10.1 Å². The van der Waals surface area contributed by atoms with Crippen molar-refractivity contribution in [1.29, 1.82) is 0 Å². The lowest BCUT2D eigenvalue weighted by Crippen LogP contribution is -2.41. The molecule has 3 aromatic carbocycles. The Kier molecular flexibility index (Phi) is 6.34. The molecule has 0 saturated heterocycles. The van der Waals surface area contributed by atoms with Gasteiger partial charge in [0.15, 0.2) is 0 Å². The molecule has 154 valence electrons. The van der Waals surface area contributed by atoms with E-state index >= 15 is 0 Å². The van der Waals surface area contributed by atoms with Crippen LogP contribution in [0.25, 0.3) is 0 Å². The monoisotopic (exact) mass is 447 g/mol. The van der Waals surface area contributed by atoms with Crippen LogP contribution in [-0.4, -0.2) is 20.2 Å². The first-order valence-corrected chi connectivity index (χ1v) is 10.4. The summed E-state index contributed by atoms with van der Waals surface area (Å²) in [7, 11) is -4.05. The molecule has 0 saturated carbocycles. The standard InChI is InChI=1S/C20H15ClFN3O4S/c21-15-9-5-13(6-10-15)19(26)23-24-20(27)14-7-11-16(12-8-14)30(28,29)25-18-4-2-1-3-17(18)22/h1-12,25H,(H,23,26)(H,24,27). The van der Waals surface area contributed by atoms with Gasteiger partial charge in [0, 0.05) is 16.1 Å². The lowest BCUT2D eigenvalue weighted by Gasteiger charge is -2.10. The van der Waals surface area contributed by atoms with Gasteiger partial charge < -0.3 is 0 Å². The largest absolute Gasteiger partial charge is 0.277 e. The Hall–Kier alpha value is -3.43. The molecule has 0 aliphatic carbocycles. The van der Waals surface area contributed by atoms with E-state index in [1.54, 1.807) is 0 Å². The Bertz CT molecular complexity index is 1180. The predicted molar refractivity (Wildman–Crippen MR) is 110 cm³/mol. The fraction of sp³-hybridized carbons (Fsp3) is 0. The number of benzene rings is 3. The second-order valence-electron chi connectivity index (χ2n) is 6.02. The van der Waals surface area contributed by atoms with E-state index < -0.39 is 27.7 Å². The van der Waals surface area contributed by atoms with E-state index in [-0.39, 0.29) is 16.1 Å². The molecule has 3 rings (SSSR count). The van der Waals surface area contributed by atoms with Gasteiger partial charge in [-0.05, 0) is 60.7 Å². The van der Waals surface area contributed by atoms with E-state index in [1.807, 2.05) is 0 Å². The molecule has 0 aliphatic heterocycles. The molecule has 0 spiro atoms. The number of carbonyl (C=O) groups excluding carboxylic acids is 2. The number of hydrazine groups is 1. The van der Waals surface area contributed by atoms with Crippen molar-refractivity contribution in [2.75, 3.05) is 4.72 Å². The van der Waals surface area contributed by atoms with Gasteiger partial charge in [0.05, 0.1) is 10.6 Å².